The van der Waals surface area contributed by atoms with Crippen LogP contribution in [-0.2, 0) is 5.41 Å². The Hall–Kier alpha value is -4.74. The molecule has 0 atom stereocenters. The monoisotopic (exact) mass is 622 g/mol. The SMILES string of the molecule is CCC(C)(CC)c1c(F)c(F)c(C(=O)c2ccc(Oc3ccc(C(=O)c4c(F)c(F)c(O)c(F)c4F)cc3)cc2)c(F)c1F. The second-order valence-electron chi connectivity index (χ2n) is 10.1. The van der Waals surface area contributed by atoms with Crippen molar-refractivity contribution in [3.05, 3.63) is 123 Å². The molecule has 230 valence electrons. The molecule has 1 N–H and O–H groups in total. The summed E-state index contributed by atoms with van der Waals surface area (Å²) < 4.78 is 121. The van der Waals surface area contributed by atoms with E-state index in [-0.39, 0.29) is 29.9 Å². The minimum absolute atomic E-state index is 0.0383. The fraction of sp³-hybridized carbons (Fsp3) is 0.188. The smallest absolute Gasteiger partial charge is 0.204 e. The number of phenols is 1. The summed E-state index contributed by atoms with van der Waals surface area (Å²) in [5, 5.41) is 9.09. The minimum atomic E-state index is -2.14. The van der Waals surface area contributed by atoms with E-state index in [2.05, 4.69) is 0 Å². The Bertz CT molecular complexity index is 1720. The molecule has 0 fully saturated rings. The third kappa shape index (κ3) is 5.40. The summed E-state index contributed by atoms with van der Waals surface area (Å²) in [7, 11) is 0. The van der Waals surface area contributed by atoms with Gasteiger partial charge < -0.3 is 9.84 Å². The van der Waals surface area contributed by atoms with Crippen molar-refractivity contribution in [1.82, 2.24) is 0 Å². The summed E-state index contributed by atoms with van der Waals surface area (Å²) in [5.74, 6) is -19.9. The van der Waals surface area contributed by atoms with Gasteiger partial charge in [-0.1, -0.05) is 20.8 Å². The maximum atomic E-state index is 15.0. The summed E-state index contributed by atoms with van der Waals surface area (Å²) in [6.45, 7) is 4.68. The Kier molecular flexibility index (Phi) is 8.85. The Balaban J connectivity index is 1.56. The number of benzene rings is 4. The van der Waals surface area contributed by atoms with Gasteiger partial charge in [0.2, 0.25) is 11.6 Å². The molecular formula is C32H22F8O4. The summed E-state index contributed by atoms with van der Waals surface area (Å²) in [6.07, 6.45) is 0.360. The van der Waals surface area contributed by atoms with E-state index in [1.54, 1.807) is 13.8 Å². The highest BCUT2D eigenvalue weighted by atomic mass is 19.2. The van der Waals surface area contributed by atoms with Gasteiger partial charge in [-0.3, -0.25) is 9.59 Å². The molecule has 4 aromatic carbocycles. The van der Waals surface area contributed by atoms with Gasteiger partial charge in [-0.15, -0.1) is 0 Å². The van der Waals surface area contributed by atoms with Crippen LogP contribution < -0.4 is 4.74 Å². The zero-order chi connectivity index (χ0) is 32.7. The van der Waals surface area contributed by atoms with Gasteiger partial charge in [0.1, 0.15) is 22.6 Å². The first kappa shape index (κ1) is 32.2. The summed E-state index contributed by atoms with van der Waals surface area (Å²) in [4.78, 5) is 25.4. The van der Waals surface area contributed by atoms with E-state index in [4.69, 9.17) is 9.84 Å². The van der Waals surface area contributed by atoms with Gasteiger partial charge in [0, 0.05) is 16.7 Å². The third-order valence-corrected chi connectivity index (χ3v) is 7.59. The van der Waals surface area contributed by atoms with Crippen molar-refractivity contribution in [3.8, 4) is 17.2 Å². The predicted molar refractivity (Wildman–Crippen MR) is 142 cm³/mol. The number of ether oxygens (including phenoxy) is 1. The Morgan fingerprint density at radius 2 is 0.909 bits per heavy atom. The number of ketones is 2. The first-order valence-electron chi connectivity index (χ1n) is 13.1. The molecule has 4 rings (SSSR count). The van der Waals surface area contributed by atoms with E-state index in [0.717, 1.165) is 36.4 Å². The normalized spacial score (nSPS) is 11.5. The van der Waals surface area contributed by atoms with Crippen molar-refractivity contribution < 1.29 is 54.6 Å². The molecule has 0 heterocycles. The van der Waals surface area contributed by atoms with Crippen LogP contribution >= 0.6 is 0 Å². The quantitative estimate of drug-likeness (QED) is 0.115. The number of aromatic hydroxyl groups is 1. The van der Waals surface area contributed by atoms with Crippen molar-refractivity contribution in [3.63, 3.8) is 0 Å². The van der Waals surface area contributed by atoms with E-state index >= 15 is 0 Å². The molecule has 0 unspecified atom stereocenters. The Labute approximate surface area is 245 Å². The number of phenolic OH excluding ortho intramolecular Hbond substituents is 1. The standard InChI is InChI=1S/C32H22F8O4/c1-4-32(3,5-2)20-25(37)21(33)18(22(34)26(20)38)29(41)14-6-10-16(11-7-14)44-17-12-8-15(9-13-17)30(42)19-23(35)27(39)31(43)28(40)24(19)36/h6-13,43H,4-5H2,1-3H3. The van der Waals surface area contributed by atoms with E-state index in [1.165, 1.54) is 19.1 Å². The zero-order valence-corrected chi connectivity index (χ0v) is 23.2. The van der Waals surface area contributed by atoms with Crippen molar-refractivity contribution in [2.24, 2.45) is 0 Å². The molecule has 0 aliphatic heterocycles. The lowest BCUT2D eigenvalue weighted by Crippen LogP contribution is -2.26. The molecule has 12 heteroatoms. The highest BCUT2D eigenvalue weighted by Gasteiger charge is 2.37. The zero-order valence-electron chi connectivity index (χ0n) is 23.2. The van der Waals surface area contributed by atoms with Crippen molar-refractivity contribution in [2.45, 2.75) is 39.0 Å². The maximum absolute atomic E-state index is 15.0. The first-order chi connectivity index (χ1) is 20.7. The number of carbonyl (C=O) groups is 2. The van der Waals surface area contributed by atoms with Crippen LogP contribution in [0.15, 0.2) is 48.5 Å². The second kappa shape index (κ2) is 12.1. The van der Waals surface area contributed by atoms with Crippen LogP contribution in [0.2, 0.25) is 0 Å². The van der Waals surface area contributed by atoms with Crippen LogP contribution in [0.25, 0.3) is 0 Å². The van der Waals surface area contributed by atoms with E-state index in [9.17, 15) is 44.7 Å². The molecule has 0 bridgehead atoms. The van der Waals surface area contributed by atoms with E-state index in [1.807, 2.05) is 0 Å². The lowest BCUT2D eigenvalue weighted by Gasteiger charge is -2.29. The summed E-state index contributed by atoms with van der Waals surface area (Å²) in [6, 6.07) is 8.93. The highest BCUT2D eigenvalue weighted by molar-refractivity contribution is 6.10. The second-order valence-corrected chi connectivity index (χ2v) is 10.1. The van der Waals surface area contributed by atoms with Crippen molar-refractivity contribution in [1.29, 1.82) is 0 Å². The van der Waals surface area contributed by atoms with Crippen LogP contribution in [-0.4, -0.2) is 16.7 Å². The van der Waals surface area contributed by atoms with Crippen LogP contribution in [0, 0.1) is 46.5 Å². The van der Waals surface area contributed by atoms with Crippen LogP contribution in [0.4, 0.5) is 35.1 Å². The Morgan fingerprint density at radius 3 is 1.23 bits per heavy atom. The average Bonchev–Trinajstić information content (AvgIpc) is 3.02. The van der Waals surface area contributed by atoms with E-state index in [0.29, 0.717) is 0 Å². The molecule has 4 aromatic rings. The van der Waals surface area contributed by atoms with Gasteiger partial charge >= 0.3 is 0 Å². The molecule has 44 heavy (non-hydrogen) atoms. The van der Waals surface area contributed by atoms with Gasteiger partial charge in [0.15, 0.2) is 52.2 Å². The van der Waals surface area contributed by atoms with Crippen LogP contribution in [0.1, 0.15) is 71.0 Å². The van der Waals surface area contributed by atoms with Gasteiger partial charge in [-0.05, 0) is 66.8 Å². The largest absolute Gasteiger partial charge is 0.503 e. The first-order valence-corrected chi connectivity index (χ1v) is 13.1. The van der Waals surface area contributed by atoms with Gasteiger partial charge in [-0.25, -0.2) is 26.3 Å². The topological polar surface area (TPSA) is 63.6 Å². The molecule has 0 saturated carbocycles. The minimum Gasteiger partial charge on any atom is -0.503 e. The van der Waals surface area contributed by atoms with E-state index < -0.39 is 91.5 Å². The summed E-state index contributed by atoms with van der Waals surface area (Å²) >= 11 is 0. The predicted octanol–water partition coefficient (Wildman–Crippen LogP) is 8.84. The summed E-state index contributed by atoms with van der Waals surface area (Å²) in [5.41, 5.74) is -5.66. The Morgan fingerprint density at radius 1 is 0.591 bits per heavy atom. The van der Waals surface area contributed by atoms with Gasteiger partial charge in [-0.2, -0.15) is 8.78 Å². The number of halogens is 8. The number of carbonyl (C=O) groups excluding carboxylic acids is 2. The lowest BCUT2D eigenvalue weighted by atomic mass is 9.76. The molecule has 4 nitrogen and oxygen atoms in total. The number of hydrogen-bond acceptors (Lipinski definition) is 4. The van der Waals surface area contributed by atoms with Crippen molar-refractivity contribution >= 4 is 11.6 Å². The molecule has 0 aliphatic carbocycles. The van der Waals surface area contributed by atoms with Crippen LogP contribution in [0.5, 0.6) is 17.2 Å². The molecule has 0 aliphatic rings. The van der Waals surface area contributed by atoms with Gasteiger partial charge in [0.25, 0.3) is 0 Å². The third-order valence-electron chi connectivity index (χ3n) is 7.59. The lowest BCUT2D eigenvalue weighted by molar-refractivity contribution is 0.102. The number of rotatable bonds is 9. The maximum Gasteiger partial charge on any atom is 0.204 e. The fourth-order valence-electron chi connectivity index (χ4n) is 4.56. The fourth-order valence-corrected chi connectivity index (χ4v) is 4.56. The van der Waals surface area contributed by atoms with Crippen LogP contribution in [0.3, 0.4) is 0 Å². The molecule has 0 radical (unpaired) electrons. The molecular weight excluding hydrogens is 600 g/mol. The molecule has 0 saturated heterocycles. The van der Waals surface area contributed by atoms with Gasteiger partial charge in [0.05, 0.1) is 0 Å². The number of hydrogen-bond donors (Lipinski definition) is 1. The van der Waals surface area contributed by atoms with Crippen molar-refractivity contribution in [2.75, 3.05) is 0 Å². The highest BCUT2D eigenvalue weighted by Crippen LogP contribution is 2.38. The average molecular weight is 623 g/mol. The molecule has 0 amide bonds. The molecule has 0 spiro atoms. The molecule has 0 aromatic heterocycles.